The van der Waals surface area contributed by atoms with Gasteiger partial charge in [0.2, 0.25) is 10.0 Å². The normalized spacial score (nSPS) is 15.7. The maximum absolute atomic E-state index is 12.3. The molecule has 0 aliphatic carbocycles. The number of nitrogens with zero attached hydrogens (tertiary/aromatic N) is 1. The summed E-state index contributed by atoms with van der Waals surface area (Å²) in [5.74, 6) is -1.24. The molecule has 28 heavy (non-hydrogen) atoms. The quantitative estimate of drug-likeness (QED) is 0.483. The second-order valence-electron chi connectivity index (χ2n) is 6.30. The molecule has 0 saturated carbocycles. The molecule has 1 aromatic rings. The highest BCUT2D eigenvalue weighted by molar-refractivity contribution is 7.89. The fourth-order valence-corrected chi connectivity index (χ4v) is 3.68. The Morgan fingerprint density at radius 3 is 2.57 bits per heavy atom. The number of hydrogen-bond donors (Lipinski definition) is 1. The van der Waals surface area contributed by atoms with Gasteiger partial charge in [0, 0.05) is 25.2 Å². The molecule has 1 saturated heterocycles. The number of amides is 1. The van der Waals surface area contributed by atoms with Crippen LogP contribution in [0.25, 0.3) is 0 Å². The zero-order valence-corrected chi connectivity index (χ0v) is 16.7. The van der Waals surface area contributed by atoms with Crippen molar-refractivity contribution in [1.29, 1.82) is 0 Å². The van der Waals surface area contributed by atoms with Gasteiger partial charge in [-0.3, -0.25) is 14.4 Å². The third-order valence-electron chi connectivity index (χ3n) is 4.15. The zero-order chi connectivity index (χ0) is 20.7. The van der Waals surface area contributed by atoms with E-state index in [4.69, 9.17) is 9.47 Å². The average molecular weight is 412 g/mol. The second kappa shape index (κ2) is 9.76. The summed E-state index contributed by atoms with van der Waals surface area (Å²) in [5, 5.41) is 0. The number of morpholine rings is 1. The van der Waals surface area contributed by atoms with Gasteiger partial charge in [0.25, 0.3) is 5.91 Å². The largest absolute Gasteiger partial charge is 0.452 e. The van der Waals surface area contributed by atoms with Gasteiger partial charge in [0.1, 0.15) is 0 Å². The van der Waals surface area contributed by atoms with Crippen LogP contribution in [0, 0.1) is 0 Å². The molecule has 10 heteroatoms. The standard InChI is InChI=1S/C18H24N2O7S/c1-13(21)15-4-3-5-16(12-15)28(24,25)19-7-6-17(22)27-14(2)18(23)20-8-10-26-11-9-20/h3-5,12,14,19H,6-11H2,1-2H3/t14-/m0/s1. The number of rotatable bonds is 8. The minimum absolute atomic E-state index is 0.0653. The molecule has 1 heterocycles. The lowest BCUT2D eigenvalue weighted by atomic mass is 10.2. The Hall–Kier alpha value is -2.30. The van der Waals surface area contributed by atoms with E-state index in [-0.39, 0.29) is 35.1 Å². The SMILES string of the molecule is CC(=O)c1cccc(S(=O)(=O)NCCC(=O)O[C@@H](C)C(=O)N2CCOCC2)c1. The predicted octanol–water partition coefficient (Wildman–Crippen LogP) is 0.348. The van der Waals surface area contributed by atoms with Crippen LogP contribution in [0.1, 0.15) is 30.6 Å². The Kier molecular flexibility index (Phi) is 7.67. The Morgan fingerprint density at radius 1 is 1.25 bits per heavy atom. The van der Waals surface area contributed by atoms with Crippen LogP contribution in [0.15, 0.2) is 29.2 Å². The first-order chi connectivity index (χ1) is 13.2. The van der Waals surface area contributed by atoms with E-state index in [1.165, 1.54) is 38.1 Å². The number of ketones is 1. The fraction of sp³-hybridized carbons (Fsp3) is 0.500. The van der Waals surface area contributed by atoms with Crippen LogP contribution in [0.2, 0.25) is 0 Å². The van der Waals surface area contributed by atoms with Crippen LogP contribution in [0.4, 0.5) is 0 Å². The van der Waals surface area contributed by atoms with Gasteiger partial charge in [-0.1, -0.05) is 12.1 Å². The predicted molar refractivity (Wildman–Crippen MR) is 99.2 cm³/mol. The van der Waals surface area contributed by atoms with Gasteiger partial charge in [-0.15, -0.1) is 0 Å². The fourth-order valence-electron chi connectivity index (χ4n) is 2.60. The van der Waals surface area contributed by atoms with Gasteiger partial charge < -0.3 is 14.4 Å². The van der Waals surface area contributed by atoms with Crippen molar-refractivity contribution in [3.05, 3.63) is 29.8 Å². The number of sulfonamides is 1. The Balaban J connectivity index is 1.83. The molecule has 1 amide bonds. The summed E-state index contributed by atoms with van der Waals surface area (Å²) in [6.45, 7) is 4.41. The number of ether oxygens (including phenoxy) is 2. The molecular formula is C18H24N2O7S. The van der Waals surface area contributed by atoms with Crippen LogP contribution >= 0.6 is 0 Å². The molecule has 1 aromatic carbocycles. The summed E-state index contributed by atoms with van der Waals surface area (Å²) < 4.78 is 37.1. The van der Waals surface area contributed by atoms with Gasteiger partial charge in [-0.25, -0.2) is 13.1 Å². The molecule has 2 rings (SSSR count). The lowest BCUT2D eigenvalue weighted by Gasteiger charge is -2.28. The Labute approximate surface area is 164 Å². The van der Waals surface area contributed by atoms with Gasteiger partial charge in [-0.05, 0) is 26.0 Å². The van der Waals surface area contributed by atoms with Crippen LogP contribution < -0.4 is 4.72 Å². The first kappa shape index (κ1) is 22.0. The van der Waals surface area contributed by atoms with Crippen molar-refractivity contribution in [3.8, 4) is 0 Å². The summed E-state index contributed by atoms with van der Waals surface area (Å²) in [6, 6.07) is 5.62. The van der Waals surface area contributed by atoms with E-state index < -0.39 is 22.1 Å². The van der Waals surface area contributed by atoms with Crippen LogP contribution in [0.3, 0.4) is 0 Å². The summed E-state index contributed by atoms with van der Waals surface area (Å²) in [7, 11) is -3.87. The summed E-state index contributed by atoms with van der Waals surface area (Å²) >= 11 is 0. The highest BCUT2D eigenvalue weighted by atomic mass is 32.2. The van der Waals surface area contributed by atoms with Gasteiger partial charge in [-0.2, -0.15) is 0 Å². The van der Waals surface area contributed by atoms with Crippen molar-refractivity contribution in [1.82, 2.24) is 9.62 Å². The average Bonchev–Trinajstić information content (AvgIpc) is 2.68. The molecule has 0 spiro atoms. The first-order valence-corrected chi connectivity index (χ1v) is 10.4. The van der Waals surface area contributed by atoms with Crippen molar-refractivity contribution in [3.63, 3.8) is 0 Å². The van der Waals surface area contributed by atoms with Gasteiger partial charge >= 0.3 is 5.97 Å². The van der Waals surface area contributed by atoms with Crippen molar-refractivity contribution in [2.45, 2.75) is 31.3 Å². The third-order valence-corrected chi connectivity index (χ3v) is 5.61. The molecule has 0 aromatic heterocycles. The lowest BCUT2D eigenvalue weighted by Crippen LogP contribution is -2.46. The number of carbonyl (C=O) groups excluding carboxylic acids is 3. The van der Waals surface area contributed by atoms with E-state index in [0.29, 0.717) is 26.3 Å². The number of hydrogen-bond acceptors (Lipinski definition) is 7. The highest BCUT2D eigenvalue weighted by Gasteiger charge is 2.25. The van der Waals surface area contributed by atoms with Crippen molar-refractivity contribution in [2.24, 2.45) is 0 Å². The third kappa shape index (κ3) is 6.11. The van der Waals surface area contributed by atoms with Crippen molar-refractivity contribution >= 4 is 27.7 Å². The zero-order valence-electron chi connectivity index (χ0n) is 15.8. The maximum Gasteiger partial charge on any atom is 0.307 e. The van der Waals surface area contributed by atoms with Crippen molar-refractivity contribution in [2.75, 3.05) is 32.8 Å². The second-order valence-corrected chi connectivity index (χ2v) is 8.07. The van der Waals surface area contributed by atoms with Gasteiger partial charge in [0.05, 0.1) is 24.5 Å². The van der Waals surface area contributed by atoms with E-state index in [1.54, 1.807) is 4.90 Å². The number of benzene rings is 1. The minimum atomic E-state index is -3.87. The van der Waals surface area contributed by atoms with E-state index in [0.717, 1.165) is 0 Å². The minimum Gasteiger partial charge on any atom is -0.452 e. The molecule has 1 atom stereocenters. The molecule has 9 nitrogen and oxygen atoms in total. The Morgan fingerprint density at radius 2 is 1.93 bits per heavy atom. The molecule has 0 bridgehead atoms. The first-order valence-electron chi connectivity index (χ1n) is 8.87. The maximum atomic E-state index is 12.3. The van der Waals surface area contributed by atoms with Crippen LogP contribution in [-0.2, 0) is 29.1 Å². The highest BCUT2D eigenvalue weighted by Crippen LogP contribution is 2.12. The Bertz CT molecular complexity index is 832. The number of nitrogens with one attached hydrogen (secondary N) is 1. The lowest BCUT2D eigenvalue weighted by molar-refractivity contribution is -0.160. The molecular weight excluding hydrogens is 388 g/mol. The molecule has 1 aliphatic rings. The molecule has 1 N–H and O–H groups in total. The van der Waals surface area contributed by atoms with E-state index in [2.05, 4.69) is 4.72 Å². The van der Waals surface area contributed by atoms with E-state index in [9.17, 15) is 22.8 Å². The van der Waals surface area contributed by atoms with Crippen LogP contribution in [-0.4, -0.2) is 69.9 Å². The number of esters is 1. The number of carbonyl (C=O) groups is 3. The summed E-state index contributed by atoms with van der Waals surface area (Å²) in [5.41, 5.74) is 0.276. The molecule has 154 valence electrons. The molecule has 0 radical (unpaired) electrons. The van der Waals surface area contributed by atoms with E-state index >= 15 is 0 Å². The molecule has 1 fully saturated rings. The smallest absolute Gasteiger partial charge is 0.307 e. The summed E-state index contributed by atoms with van der Waals surface area (Å²) in [4.78, 5) is 37.0. The molecule has 0 unspecified atom stereocenters. The van der Waals surface area contributed by atoms with E-state index in [1.807, 2.05) is 0 Å². The number of Topliss-reactive ketones (excluding diaryl/α,β-unsaturated/α-hetero) is 1. The summed E-state index contributed by atoms with van der Waals surface area (Å²) in [6.07, 6.45) is -1.18. The molecule has 1 aliphatic heterocycles. The van der Waals surface area contributed by atoms with Crippen LogP contribution in [0.5, 0.6) is 0 Å². The van der Waals surface area contributed by atoms with Gasteiger partial charge in [0.15, 0.2) is 11.9 Å². The monoisotopic (exact) mass is 412 g/mol. The topological polar surface area (TPSA) is 119 Å². The van der Waals surface area contributed by atoms with Crippen molar-refractivity contribution < 1.29 is 32.3 Å².